The fourth-order valence-corrected chi connectivity index (χ4v) is 5.36. The molecule has 28 heavy (non-hydrogen) atoms. The van der Waals surface area contributed by atoms with Gasteiger partial charge in [-0.25, -0.2) is 12.8 Å². The molecule has 0 amide bonds. The van der Waals surface area contributed by atoms with E-state index in [0.29, 0.717) is 57.9 Å². The molecule has 0 bridgehead atoms. The fraction of sp³-hybridized carbons (Fsp3) is 0.700. The zero-order valence-electron chi connectivity index (χ0n) is 16.7. The first-order valence-electron chi connectivity index (χ1n) is 9.96. The lowest BCUT2D eigenvalue weighted by Gasteiger charge is -2.45. The first-order valence-corrected chi connectivity index (χ1v) is 11.4. The fourth-order valence-electron chi connectivity index (χ4n) is 3.91. The van der Waals surface area contributed by atoms with Crippen LogP contribution in [0.4, 0.5) is 4.39 Å². The molecule has 0 saturated carbocycles. The molecule has 2 saturated heterocycles. The van der Waals surface area contributed by atoms with Gasteiger partial charge in [0.1, 0.15) is 5.82 Å². The van der Waals surface area contributed by atoms with E-state index in [9.17, 15) is 12.8 Å². The Kier molecular flexibility index (Phi) is 7.09. The molecule has 0 aromatic heterocycles. The number of sulfonamides is 1. The van der Waals surface area contributed by atoms with Gasteiger partial charge in [0.25, 0.3) is 0 Å². The molecular weight excluding hydrogens is 385 g/mol. The topological polar surface area (TPSA) is 65.1 Å². The molecule has 1 atom stereocenters. The summed E-state index contributed by atoms with van der Waals surface area (Å²) >= 11 is 0. The number of rotatable bonds is 7. The Morgan fingerprint density at radius 1 is 1.29 bits per heavy atom. The summed E-state index contributed by atoms with van der Waals surface area (Å²) in [7, 11) is -3.70. The van der Waals surface area contributed by atoms with Gasteiger partial charge in [0, 0.05) is 32.7 Å². The lowest BCUT2D eigenvalue weighted by atomic mass is 9.84. The van der Waals surface area contributed by atoms with Crippen molar-refractivity contribution in [2.24, 2.45) is 0 Å². The Bertz CT molecular complexity index is 762. The summed E-state index contributed by atoms with van der Waals surface area (Å²) in [5, 5.41) is 0. The number of ether oxygens (including phenoxy) is 3. The van der Waals surface area contributed by atoms with Crippen LogP contribution in [0, 0.1) is 12.7 Å². The Labute approximate surface area is 167 Å². The van der Waals surface area contributed by atoms with Crippen molar-refractivity contribution in [3.8, 4) is 0 Å². The number of halogens is 1. The maximum absolute atomic E-state index is 13.8. The van der Waals surface area contributed by atoms with Gasteiger partial charge in [0.2, 0.25) is 10.0 Å². The third-order valence-corrected chi connectivity index (χ3v) is 7.54. The van der Waals surface area contributed by atoms with E-state index in [0.717, 1.165) is 18.9 Å². The maximum Gasteiger partial charge on any atom is 0.243 e. The molecule has 3 rings (SSSR count). The molecular formula is C20H30FNO5S. The highest BCUT2D eigenvalue weighted by Crippen LogP contribution is 2.37. The van der Waals surface area contributed by atoms with Crippen LogP contribution in [-0.2, 0) is 24.2 Å². The van der Waals surface area contributed by atoms with E-state index in [1.54, 1.807) is 6.92 Å². The summed E-state index contributed by atoms with van der Waals surface area (Å²) in [6.07, 6.45) is 2.96. The Morgan fingerprint density at radius 2 is 2.04 bits per heavy atom. The molecule has 1 spiro atoms. The van der Waals surface area contributed by atoms with E-state index in [1.807, 2.05) is 6.92 Å². The second-order valence-corrected chi connectivity index (χ2v) is 9.47. The van der Waals surface area contributed by atoms with Gasteiger partial charge in [-0.1, -0.05) is 6.07 Å². The molecule has 0 aliphatic carbocycles. The van der Waals surface area contributed by atoms with Crippen LogP contribution >= 0.6 is 0 Å². The number of nitrogens with zero attached hydrogens (tertiary/aromatic N) is 1. The maximum atomic E-state index is 13.8. The van der Waals surface area contributed by atoms with E-state index >= 15 is 0 Å². The lowest BCUT2D eigenvalue weighted by Crippen LogP contribution is -2.52. The third kappa shape index (κ3) is 4.91. The number of benzene rings is 1. The molecule has 2 heterocycles. The monoisotopic (exact) mass is 415 g/mol. The minimum atomic E-state index is -3.70. The quantitative estimate of drug-likeness (QED) is 0.641. The predicted molar refractivity (Wildman–Crippen MR) is 103 cm³/mol. The van der Waals surface area contributed by atoms with Crippen molar-refractivity contribution < 1.29 is 27.0 Å². The van der Waals surface area contributed by atoms with Crippen molar-refractivity contribution in [1.82, 2.24) is 4.31 Å². The van der Waals surface area contributed by atoms with Crippen LogP contribution in [0.25, 0.3) is 0 Å². The van der Waals surface area contributed by atoms with Gasteiger partial charge in [-0.2, -0.15) is 4.31 Å². The summed E-state index contributed by atoms with van der Waals surface area (Å²) < 4.78 is 58.3. The summed E-state index contributed by atoms with van der Waals surface area (Å²) in [5.74, 6) is -0.503. The highest BCUT2D eigenvalue weighted by molar-refractivity contribution is 7.89. The summed E-state index contributed by atoms with van der Waals surface area (Å²) in [5.41, 5.74) is 0.0986. The second kappa shape index (κ2) is 9.17. The molecule has 0 N–H and O–H groups in total. The van der Waals surface area contributed by atoms with Gasteiger partial charge in [-0.05, 0) is 50.8 Å². The Hall–Kier alpha value is -1.06. The molecule has 2 fully saturated rings. The largest absolute Gasteiger partial charge is 0.379 e. The zero-order valence-corrected chi connectivity index (χ0v) is 17.5. The highest BCUT2D eigenvalue weighted by atomic mass is 32.2. The number of piperidine rings is 1. The van der Waals surface area contributed by atoms with Crippen molar-refractivity contribution in [3.05, 3.63) is 29.6 Å². The standard InChI is InChI=1S/C20H30FNO5S/c1-3-25-12-13-26-17-6-11-27-20(15-17)7-9-22(10-8-20)28(23,24)18-5-4-16(2)19(21)14-18/h4-5,14,17H,3,6-13,15H2,1-2H3. The smallest absolute Gasteiger partial charge is 0.243 e. The molecule has 1 unspecified atom stereocenters. The lowest BCUT2D eigenvalue weighted by molar-refractivity contribution is -0.153. The van der Waals surface area contributed by atoms with Crippen molar-refractivity contribution in [3.63, 3.8) is 0 Å². The van der Waals surface area contributed by atoms with Crippen molar-refractivity contribution in [2.45, 2.75) is 56.1 Å². The average molecular weight is 416 g/mol. The van der Waals surface area contributed by atoms with Gasteiger partial charge in [0.05, 0.1) is 29.8 Å². The van der Waals surface area contributed by atoms with Crippen LogP contribution in [0.3, 0.4) is 0 Å². The SMILES string of the molecule is CCOCCOC1CCOC2(CCN(S(=O)(=O)c3ccc(C)c(F)c3)CC2)C1. The summed E-state index contributed by atoms with van der Waals surface area (Å²) in [6.45, 7) is 6.74. The van der Waals surface area contributed by atoms with Crippen molar-refractivity contribution in [1.29, 1.82) is 0 Å². The Balaban J connectivity index is 1.59. The van der Waals surface area contributed by atoms with Crippen LogP contribution in [0.5, 0.6) is 0 Å². The van der Waals surface area contributed by atoms with Gasteiger partial charge in [0.15, 0.2) is 0 Å². The van der Waals surface area contributed by atoms with Crippen LogP contribution in [0.2, 0.25) is 0 Å². The molecule has 2 aliphatic rings. The molecule has 1 aromatic rings. The Morgan fingerprint density at radius 3 is 2.71 bits per heavy atom. The van der Waals surface area contributed by atoms with Crippen LogP contribution in [-0.4, -0.2) is 63.9 Å². The van der Waals surface area contributed by atoms with E-state index in [4.69, 9.17) is 14.2 Å². The molecule has 1 aromatic carbocycles. The van der Waals surface area contributed by atoms with Gasteiger partial charge < -0.3 is 14.2 Å². The molecule has 0 radical (unpaired) electrons. The van der Waals surface area contributed by atoms with Crippen molar-refractivity contribution in [2.75, 3.05) is 39.5 Å². The predicted octanol–water partition coefficient (Wildman–Crippen LogP) is 2.89. The third-order valence-electron chi connectivity index (χ3n) is 5.65. The zero-order chi connectivity index (χ0) is 20.2. The number of hydrogen-bond donors (Lipinski definition) is 0. The molecule has 2 aliphatic heterocycles. The number of aryl methyl sites for hydroxylation is 1. The van der Waals surface area contributed by atoms with Gasteiger partial charge in [-0.3, -0.25) is 0 Å². The van der Waals surface area contributed by atoms with Crippen molar-refractivity contribution >= 4 is 10.0 Å². The first kappa shape index (κ1) is 21.6. The van der Waals surface area contributed by atoms with E-state index in [2.05, 4.69) is 0 Å². The summed E-state index contributed by atoms with van der Waals surface area (Å²) in [4.78, 5) is 0.00764. The van der Waals surface area contributed by atoms with Crippen LogP contribution < -0.4 is 0 Å². The van der Waals surface area contributed by atoms with E-state index in [1.165, 1.54) is 16.4 Å². The molecule has 158 valence electrons. The molecule has 6 nitrogen and oxygen atoms in total. The van der Waals surface area contributed by atoms with E-state index < -0.39 is 15.8 Å². The van der Waals surface area contributed by atoms with Crippen LogP contribution in [0.15, 0.2) is 23.1 Å². The average Bonchev–Trinajstić information content (AvgIpc) is 2.68. The summed E-state index contributed by atoms with van der Waals surface area (Å²) in [6, 6.07) is 4.08. The van der Waals surface area contributed by atoms with Crippen LogP contribution in [0.1, 0.15) is 38.2 Å². The molecule has 8 heteroatoms. The van der Waals surface area contributed by atoms with Gasteiger partial charge >= 0.3 is 0 Å². The second-order valence-electron chi connectivity index (χ2n) is 7.53. The minimum Gasteiger partial charge on any atom is -0.379 e. The van der Waals surface area contributed by atoms with E-state index in [-0.39, 0.29) is 16.6 Å². The normalized spacial score (nSPS) is 23.2. The first-order chi connectivity index (χ1) is 13.4. The van der Waals surface area contributed by atoms with Gasteiger partial charge in [-0.15, -0.1) is 0 Å². The highest BCUT2D eigenvalue weighted by Gasteiger charge is 2.43. The minimum absolute atomic E-state index is 0.00764. The number of hydrogen-bond acceptors (Lipinski definition) is 5.